The summed E-state index contributed by atoms with van der Waals surface area (Å²) in [4.78, 5) is 58.4. The summed E-state index contributed by atoms with van der Waals surface area (Å²) in [6, 6.07) is -2.04. The van der Waals surface area contributed by atoms with Crippen LogP contribution in [0.3, 0.4) is 0 Å². The standard InChI is InChI=1S/C38H69BN8O6/c1-12-25(6)34(30(52-10)22-31(48)46-21-17-20-29(46)35(53-11)26(7)36(49)40-8)45(9)38(51)33(24(4)5)41-37(50)32(23(2)3)42-39-47-28-19-16-14-13-15-18-27(28)43-44-47/h23-26,29-30,32-35,39,42H,12-22H2,1-11H3,(H,40,49)(H,41,50)/t25-,26+,29-,30+,32?,33-,34-,35+/m0/s1. The highest BCUT2D eigenvalue weighted by Crippen LogP contribution is 2.29. The zero-order valence-electron chi connectivity index (χ0n) is 34.4. The number of carbonyl (C=O) groups is 4. The molecule has 4 amide bonds. The molecule has 1 aliphatic heterocycles. The monoisotopic (exact) mass is 745 g/mol. The van der Waals surface area contributed by atoms with E-state index in [4.69, 9.17) is 9.47 Å². The van der Waals surface area contributed by atoms with Crippen LogP contribution in [0.25, 0.3) is 0 Å². The van der Waals surface area contributed by atoms with Crippen molar-refractivity contribution in [3.8, 4) is 0 Å². The Kier molecular flexibility index (Phi) is 17.7. The highest BCUT2D eigenvalue weighted by molar-refractivity contribution is 6.30. The average molecular weight is 745 g/mol. The zero-order chi connectivity index (χ0) is 39.4. The number of aromatic nitrogens is 3. The molecule has 300 valence electrons. The van der Waals surface area contributed by atoms with Gasteiger partial charge in [-0.2, -0.15) is 0 Å². The first-order valence-electron chi connectivity index (χ1n) is 20.0. The van der Waals surface area contributed by atoms with Crippen molar-refractivity contribution >= 4 is 31.2 Å². The second-order valence-corrected chi connectivity index (χ2v) is 15.9. The van der Waals surface area contributed by atoms with Gasteiger partial charge >= 0.3 is 7.55 Å². The summed E-state index contributed by atoms with van der Waals surface area (Å²) >= 11 is 0. The van der Waals surface area contributed by atoms with Crippen LogP contribution in [0.15, 0.2) is 0 Å². The summed E-state index contributed by atoms with van der Waals surface area (Å²) < 4.78 is 13.7. The molecular formula is C38H69BN8O6. The van der Waals surface area contributed by atoms with Gasteiger partial charge in [-0.25, -0.2) is 0 Å². The van der Waals surface area contributed by atoms with Crippen LogP contribution >= 0.6 is 0 Å². The summed E-state index contributed by atoms with van der Waals surface area (Å²) in [6.45, 7) is 14.3. The van der Waals surface area contributed by atoms with E-state index in [9.17, 15) is 19.2 Å². The third kappa shape index (κ3) is 11.3. The van der Waals surface area contributed by atoms with Gasteiger partial charge in [-0.3, -0.25) is 23.8 Å². The molecule has 2 aliphatic rings. The lowest BCUT2D eigenvalue weighted by Gasteiger charge is -2.41. The largest absolute Gasteiger partial charge is 0.379 e. The third-order valence-electron chi connectivity index (χ3n) is 11.6. The summed E-state index contributed by atoms with van der Waals surface area (Å²) in [5.74, 6) is -1.41. The van der Waals surface area contributed by atoms with Gasteiger partial charge < -0.3 is 35.1 Å². The molecule has 0 bridgehead atoms. The summed E-state index contributed by atoms with van der Waals surface area (Å²) in [7, 11) is 6.86. The molecule has 1 aliphatic carbocycles. The van der Waals surface area contributed by atoms with Crippen LogP contribution in [0, 0.1) is 23.7 Å². The lowest BCUT2D eigenvalue weighted by molar-refractivity contribution is -0.147. The number of methoxy groups -OCH3 is 2. The second-order valence-electron chi connectivity index (χ2n) is 15.9. The maximum Gasteiger partial charge on any atom is 0.349 e. The van der Waals surface area contributed by atoms with Crippen molar-refractivity contribution in [3.05, 3.63) is 11.4 Å². The number of likely N-dealkylation sites (N-methyl/N-ethyl adjacent to an activating group) is 1. The Morgan fingerprint density at radius 1 is 0.925 bits per heavy atom. The first-order chi connectivity index (χ1) is 25.2. The first-order valence-corrected chi connectivity index (χ1v) is 20.0. The number of likely N-dealkylation sites (tertiary alicyclic amines) is 1. The van der Waals surface area contributed by atoms with E-state index in [0.29, 0.717) is 14.1 Å². The Hall–Kier alpha value is -3.04. The normalized spacial score (nSPS) is 20.3. The predicted molar refractivity (Wildman–Crippen MR) is 207 cm³/mol. The molecule has 1 aromatic heterocycles. The number of hydrogen-bond donors (Lipinski definition) is 3. The minimum Gasteiger partial charge on any atom is -0.379 e. The number of fused-ring (bicyclic) bond motifs is 1. The van der Waals surface area contributed by atoms with E-state index < -0.39 is 36.3 Å². The maximum atomic E-state index is 14.4. The third-order valence-corrected chi connectivity index (χ3v) is 11.6. The Morgan fingerprint density at radius 3 is 2.17 bits per heavy atom. The van der Waals surface area contributed by atoms with Crippen LogP contribution in [0.5, 0.6) is 0 Å². The van der Waals surface area contributed by atoms with E-state index in [1.807, 2.05) is 44.1 Å². The maximum absolute atomic E-state index is 14.4. The molecule has 0 aromatic carbocycles. The fourth-order valence-electron chi connectivity index (χ4n) is 8.23. The molecule has 0 radical (unpaired) electrons. The Labute approximate surface area is 318 Å². The smallest absolute Gasteiger partial charge is 0.349 e. The Balaban J connectivity index is 1.77. The second kappa shape index (κ2) is 21.2. The highest BCUT2D eigenvalue weighted by Gasteiger charge is 2.43. The molecule has 1 aromatic rings. The Bertz CT molecular complexity index is 1340. The molecule has 3 rings (SSSR count). The van der Waals surface area contributed by atoms with Gasteiger partial charge in [-0.1, -0.05) is 72.9 Å². The number of ether oxygens (including phenoxy) is 2. The summed E-state index contributed by atoms with van der Waals surface area (Å²) in [5.41, 5.74) is 2.18. The number of amides is 4. The molecule has 0 saturated carbocycles. The fraction of sp³-hybridized carbons (Fsp3) is 0.842. The first kappa shape index (κ1) is 44.4. The summed E-state index contributed by atoms with van der Waals surface area (Å²) in [5, 5.41) is 18.0. The van der Waals surface area contributed by atoms with Gasteiger partial charge in [0.05, 0.1) is 48.4 Å². The lowest BCUT2D eigenvalue weighted by Crippen LogP contribution is -2.60. The molecular weight excluding hydrogens is 675 g/mol. The number of aryl methyl sites for hydroxylation is 1. The van der Waals surface area contributed by atoms with Gasteiger partial charge in [-0.15, -0.1) is 5.10 Å². The van der Waals surface area contributed by atoms with Gasteiger partial charge in [-0.05, 0) is 56.3 Å². The van der Waals surface area contributed by atoms with E-state index >= 15 is 0 Å². The van der Waals surface area contributed by atoms with E-state index in [-0.39, 0.29) is 53.8 Å². The van der Waals surface area contributed by atoms with Crippen LogP contribution in [-0.4, -0.2) is 127 Å². The van der Waals surface area contributed by atoms with E-state index in [1.165, 1.54) is 12.8 Å². The van der Waals surface area contributed by atoms with Crippen molar-refractivity contribution in [2.75, 3.05) is 34.9 Å². The minimum absolute atomic E-state index is 0.00762. The molecule has 1 unspecified atom stereocenters. The highest BCUT2D eigenvalue weighted by atomic mass is 16.5. The Morgan fingerprint density at radius 2 is 1.58 bits per heavy atom. The lowest BCUT2D eigenvalue weighted by atomic mass is 9.89. The minimum atomic E-state index is -0.793. The van der Waals surface area contributed by atoms with Crippen LogP contribution in [0.2, 0.25) is 0 Å². The number of hydrogen-bond acceptors (Lipinski definition) is 9. The van der Waals surface area contributed by atoms with Crippen molar-refractivity contribution in [1.82, 2.24) is 40.6 Å². The molecule has 15 heteroatoms. The SMILES string of the molecule is CC[C@H](C)[C@@H]([C@@H](CC(=O)N1CCC[C@H]1[C@H](OC)[C@@H](C)C(=O)NC)OC)N(C)C(=O)[C@@H](NC(=O)C(NBn1nnc2c1CCCCCC2)C(C)C)C(C)C. The van der Waals surface area contributed by atoms with Gasteiger partial charge in [0.2, 0.25) is 23.6 Å². The van der Waals surface area contributed by atoms with Crippen LogP contribution in [0.1, 0.15) is 111 Å². The molecule has 1 fully saturated rings. The molecule has 1 saturated heterocycles. The molecule has 3 N–H and O–H groups in total. The van der Waals surface area contributed by atoms with Gasteiger partial charge in [0.25, 0.3) is 0 Å². The van der Waals surface area contributed by atoms with Crippen molar-refractivity contribution < 1.29 is 28.7 Å². The van der Waals surface area contributed by atoms with Crippen molar-refractivity contribution in [2.24, 2.45) is 23.7 Å². The number of nitrogens with one attached hydrogen (secondary N) is 3. The van der Waals surface area contributed by atoms with Crippen molar-refractivity contribution in [1.29, 1.82) is 0 Å². The molecule has 53 heavy (non-hydrogen) atoms. The summed E-state index contributed by atoms with van der Waals surface area (Å²) in [6.07, 6.45) is 7.78. The van der Waals surface area contributed by atoms with Crippen LogP contribution in [-0.2, 0) is 41.5 Å². The van der Waals surface area contributed by atoms with Crippen molar-refractivity contribution in [3.63, 3.8) is 0 Å². The van der Waals surface area contributed by atoms with Crippen molar-refractivity contribution in [2.45, 2.75) is 149 Å². The zero-order valence-corrected chi connectivity index (χ0v) is 34.4. The number of carbonyl (C=O) groups excluding carboxylic acids is 4. The average Bonchev–Trinajstić information content (AvgIpc) is 3.76. The van der Waals surface area contributed by atoms with Crippen LogP contribution < -0.4 is 15.9 Å². The predicted octanol–water partition coefficient (Wildman–Crippen LogP) is 2.47. The quantitative estimate of drug-likeness (QED) is 0.181. The van der Waals surface area contributed by atoms with Gasteiger partial charge in [0.1, 0.15) is 6.04 Å². The number of nitrogens with zero attached hydrogens (tertiary/aromatic N) is 5. The molecule has 8 atom stereocenters. The fourth-order valence-corrected chi connectivity index (χ4v) is 8.23. The number of rotatable bonds is 19. The molecule has 14 nitrogen and oxygen atoms in total. The van der Waals surface area contributed by atoms with E-state index in [2.05, 4.69) is 40.0 Å². The van der Waals surface area contributed by atoms with Gasteiger partial charge in [0.15, 0.2) is 0 Å². The van der Waals surface area contributed by atoms with E-state index in [0.717, 1.165) is 56.3 Å². The molecule has 2 heterocycles. The molecule has 0 spiro atoms. The topological polar surface area (TPSA) is 160 Å². The van der Waals surface area contributed by atoms with E-state index in [1.54, 1.807) is 33.2 Å². The van der Waals surface area contributed by atoms with Crippen LogP contribution in [0.4, 0.5) is 0 Å². The van der Waals surface area contributed by atoms with Gasteiger partial charge in [0, 0.05) is 40.6 Å².